The molecule has 4 N–H and O–H groups in total. The standard InChI is InChI=1S/C18H29N3O2.ClH/c1-5-10-18(4,19)17(23)20-12-14-8-7-9-15(11-14)16(22)21-13(3)6-2;/h7-9,11,13H,5-6,10,12,19H2,1-4H3,(H,20,23)(H,21,22);1H. The first-order chi connectivity index (χ1) is 10.8. The topological polar surface area (TPSA) is 84.2 Å². The Hall–Kier alpha value is -1.59. The van der Waals surface area contributed by atoms with Gasteiger partial charge in [0.05, 0.1) is 5.54 Å². The predicted octanol–water partition coefficient (Wildman–Crippen LogP) is 2.77. The largest absolute Gasteiger partial charge is 0.350 e. The van der Waals surface area contributed by atoms with Crippen LogP contribution in [0, 0.1) is 0 Å². The van der Waals surface area contributed by atoms with Crippen molar-refractivity contribution in [2.45, 2.75) is 65.1 Å². The van der Waals surface area contributed by atoms with Gasteiger partial charge < -0.3 is 16.4 Å². The highest BCUT2D eigenvalue weighted by atomic mass is 35.5. The summed E-state index contributed by atoms with van der Waals surface area (Å²) in [5.74, 6) is -0.268. The molecule has 0 saturated heterocycles. The van der Waals surface area contributed by atoms with E-state index in [1.54, 1.807) is 19.1 Å². The number of carbonyl (C=O) groups is 2. The van der Waals surface area contributed by atoms with E-state index in [9.17, 15) is 9.59 Å². The smallest absolute Gasteiger partial charge is 0.251 e. The number of nitrogens with one attached hydrogen (secondary N) is 2. The van der Waals surface area contributed by atoms with Gasteiger partial charge in [0.25, 0.3) is 5.91 Å². The Morgan fingerprint density at radius 3 is 2.54 bits per heavy atom. The van der Waals surface area contributed by atoms with Gasteiger partial charge in [-0.05, 0) is 44.4 Å². The van der Waals surface area contributed by atoms with E-state index in [2.05, 4.69) is 10.6 Å². The van der Waals surface area contributed by atoms with Crippen LogP contribution in [0.1, 0.15) is 62.9 Å². The summed E-state index contributed by atoms with van der Waals surface area (Å²) >= 11 is 0. The molecule has 0 heterocycles. The van der Waals surface area contributed by atoms with Crippen LogP contribution in [0.4, 0.5) is 0 Å². The van der Waals surface area contributed by atoms with E-state index in [0.29, 0.717) is 18.5 Å². The number of carbonyl (C=O) groups excluding carboxylic acids is 2. The van der Waals surface area contributed by atoms with Crippen molar-refractivity contribution >= 4 is 24.2 Å². The number of benzene rings is 1. The van der Waals surface area contributed by atoms with Gasteiger partial charge in [0.2, 0.25) is 5.91 Å². The first-order valence-electron chi connectivity index (χ1n) is 8.27. The van der Waals surface area contributed by atoms with E-state index >= 15 is 0 Å². The van der Waals surface area contributed by atoms with Gasteiger partial charge >= 0.3 is 0 Å². The molecule has 0 aromatic heterocycles. The van der Waals surface area contributed by atoms with Crippen LogP contribution in [0.25, 0.3) is 0 Å². The van der Waals surface area contributed by atoms with E-state index in [4.69, 9.17) is 5.73 Å². The van der Waals surface area contributed by atoms with Crippen LogP contribution in [0.2, 0.25) is 0 Å². The van der Waals surface area contributed by atoms with E-state index in [1.165, 1.54) is 0 Å². The molecule has 2 unspecified atom stereocenters. The highest BCUT2D eigenvalue weighted by Gasteiger charge is 2.26. The summed E-state index contributed by atoms with van der Waals surface area (Å²) in [6.45, 7) is 8.09. The zero-order valence-corrected chi connectivity index (χ0v) is 15.8. The summed E-state index contributed by atoms with van der Waals surface area (Å²) in [4.78, 5) is 24.2. The minimum absolute atomic E-state index is 0. The Bertz CT molecular complexity index is 547. The quantitative estimate of drug-likeness (QED) is 0.670. The summed E-state index contributed by atoms with van der Waals surface area (Å²) < 4.78 is 0. The number of halogens is 1. The molecule has 2 atom stereocenters. The van der Waals surface area contributed by atoms with Crippen molar-refractivity contribution in [3.8, 4) is 0 Å². The maximum atomic E-state index is 12.1. The molecule has 5 nitrogen and oxygen atoms in total. The van der Waals surface area contributed by atoms with Gasteiger partial charge in [-0.3, -0.25) is 9.59 Å². The Kier molecular flexibility index (Phi) is 9.63. The second kappa shape index (κ2) is 10.3. The number of nitrogens with two attached hydrogens (primary N) is 1. The third-order valence-corrected chi connectivity index (χ3v) is 3.92. The fraction of sp³-hybridized carbons (Fsp3) is 0.556. The lowest BCUT2D eigenvalue weighted by Gasteiger charge is -2.22. The van der Waals surface area contributed by atoms with E-state index in [1.807, 2.05) is 32.9 Å². The van der Waals surface area contributed by atoms with E-state index in [-0.39, 0.29) is 30.3 Å². The van der Waals surface area contributed by atoms with E-state index < -0.39 is 5.54 Å². The summed E-state index contributed by atoms with van der Waals surface area (Å²) in [6, 6.07) is 7.41. The van der Waals surface area contributed by atoms with Crippen LogP contribution in [0.15, 0.2) is 24.3 Å². The fourth-order valence-corrected chi connectivity index (χ4v) is 2.25. The van der Waals surface area contributed by atoms with Crippen LogP contribution >= 0.6 is 12.4 Å². The molecule has 136 valence electrons. The first-order valence-corrected chi connectivity index (χ1v) is 8.27. The molecular weight excluding hydrogens is 326 g/mol. The maximum Gasteiger partial charge on any atom is 0.251 e. The molecule has 0 aliphatic heterocycles. The van der Waals surface area contributed by atoms with E-state index in [0.717, 1.165) is 18.4 Å². The van der Waals surface area contributed by atoms with Gasteiger partial charge in [-0.1, -0.05) is 32.4 Å². The molecule has 0 spiro atoms. The molecule has 0 aliphatic carbocycles. The summed E-state index contributed by atoms with van der Waals surface area (Å²) in [7, 11) is 0. The van der Waals surface area contributed by atoms with Gasteiger partial charge in [-0.2, -0.15) is 0 Å². The van der Waals surface area contributed by atoms with Crippen molar-refractivity contribution < 1.29 is 9.59 Å². The summed E-state index contributed by atoms with van der Waals surface area (Å²) in [6.07, 6.45) is 2.37. The van der Waals surface area contributed by atoms with Gasteiger partial charge in [0.1, 0.15) is 0 Å². The summed E-state index contributed by atoms with van der Waals surface area (Å²) in [5, 5.41) is 5.78. The van der Waals surface area contributed by atoms with Crippen molar-refractivity contribution in [1.29, 1.82) is 0 Å². The zero-order chi connectivity index (χ0) is 17.5. The van der Waals surface area contributed by atoms with Crippen LogP contribution in [-0.2, 0) is 11.3 Å². The molecular formula is C18H30ClN3O2. The lowest BCUT2D eigenvalue weighted by molar-refractivity contribution is -0.126. The highest BCUT2D eigenvalue weighted by molar-refractivity contribution is 5.94. The predicted molar refractivity (Wildman–Crippen MR) is 100 cm³/mol. The Morgan fingerprint density at radius 1 is 1.29 bits per heavy atom. The second-order valence-corrected chi connectivity index (χ2v) is 6.33. The van der Waals surface area contributed by atoms with Gasteiger partial charge in [-0.25, -0.2) is 0 Å². The molecule has 0 bridgehead atoms. The minimum atomic E-state index is -0.861. The van der Waals surface area contributed by atoms with Crippen LogP contribution in [-0.4, -0.2) is 23.4 Å². The third kappa shape index (κ3) is 6.89. The first kappa shape index (κ1) is 22.4. The van der Waals surface area contributed by atoms with Gasteiger partial charge in [0, 0.05) is 18.2 Å². The van der Waals surface area contributed by atoms with Crippen molar-refractivity contribution in [3.63, 3.8) is 0 Å². The van der Waals surface area contributed by atoms with Crippen molar-refractivity contribution in [1.82, 2.24) is 10.6 Å². The molecule has 0 radical (unpaired) electrons. The molecule has 0 fully saturated rings. The highest BCUT2D eigenvalue weighted by Crippen LogP contribution is 2.10. The van der Waals surface area contributed by atoms with Crippen molar-refractivity contribution in [2.24, 2.45) is 5.73 Å². The number of rotatable bonds is 8. The average Bonchev–Trinajstić information content (AvgIpc) is 2.52. The molecule has 0 saturated carbocycles. The Morgan fingerprint density at radius 2 is 1.96 bits per heavy atom. The number of hydrogen-bond acceptors (Lipinski definition) is 3. The SMILES string of the molecule is CCCC(C)(N)C(=O)NCc1cccc(C(=O)NC(C)CC)c1.Cl. The Labute approximate surface area is 151 Å². The van der Waals surface area contributed by atoms with Gasteiger partial charge in [0.15, 0.2) is 0 Å². The summed E-state index contributed by atoms with van der Waals surface area (Å²) in [5.41, 5.74) is 6.62. The molecule has 2 amide bonds. The Balaban J connectivity index is 0.00000529. The third-order valence-electron chi connectivity index (χ3n) is 3.92. The van der Waals surface area contributed by atoms with Crippen molar-refractivity contribution in [2.75, 3.05) is 0 Å². The molecule has 0 aliphatic rings. The normalized spacial score (nSPS) is 14.0. The zero-order valence-electron chi connectivity index (χ0n) is 15.0. The maximum absolute atomic E-state index is 12.1. The molecule has 6 heteroatoms. The lowest BCUT2D eigenvalue weighted by atomic mass is 9.96. The molecule has 1 rings (SSSR count). The average molecular weight is 356 g/mol. The minimum Gasteiger partial charge on any atom is -0.350 e. The van der Waals surface area contributed by atoms with Crippen LogP contribution in [0.3, 0.4) is 0 Å². The van der Waals surface area contributed by atoms with Crippen molar-refractivity contribution in [3.05, 3.63) is 35.4 Å². The molecule has 24 heavy (non-hydrogen) atoms. The van der Waals surface area contributed by atoms with Crippen LogP contribution < -0.4 is 16.4 Å². The monoisotopic (exact) mass is 355 g/mol. The fourth-order valence-electron chi connectivity index (χ4n) is 2.25. The van der Waals surface area contributed by atoms with Gasteiger partial charge in [-0.15, -0.1) is 12.4 Å². The molecule has 1 aromatic rings. The molecule has 1 aromatic carbocycles. The lowest BCUT2D eigenvalue weighted by Crippen LogP contribution is -2.51. The number of hydrogen-bond donors (Lipinski definition) is 3. The van der Waals surface area contributed by atoms with Crippen LogP contribution in [0.5, 0.6) is 0 Å². The number of amides is 2. The second-order valence-electron chi connectivity index (χ2n) is 6.33.